The second-order valence-corrected chi connectivity index (χ2v) is 6.03. The minimum atomic E-state index is -0.101. The summed E-state index contributed by atoms with van der Waals surface area (Å²) in [7, 11) is 1.65. The van der Waals surface area contributed by atoms with E-state index in [1.165, 1.54) is 5.56 Å². The highest BCUT2D eigenvalue weighted by Gasteiger charge is 2.07. The molecule has 4 nitrogen and oxygen atoms in total. The van der Waals surface area contributed by atoms with Gasteiger partial charge >= 0.3 is 0 Å². The van der Waals surface area contributed by atoms with Gasteiger partial charge in [0.1, 0.15) is 5.75 Å². The van der Waals surface area contributed by atoms with Gasteiger partial charge in [0.25, 0.3) is 0 Å². The van der Waals surface area contributed by atoms with Gasteiger partial charge in [-0.3, -0.25) is 4.79 Å². The van der Waals surface area contributed by atoms with E-state index in [1.807, 2.05) is 24.3 Å². The monoisotopic (exact) mass is 366 g/mol. The molecule has 0 aliphatic rings. The number of nitrogens with one attached hydrogen (secondary N) is 2. The van der Waals surface area contributed by atoms with E-state index in [0.29, 0.717) is 28.7 Å². The fraction of sp³-hybridized carbons (Fsp3) is 0.278. The molecule has 2 N–H and O–H groups in total. The van der Waals surface area contributed by atoms with Crippen molar-refractivity contribution in [3.63, 3.8) is 0 Å². The molecule has 0 bridgehead atoms. The molecular formula is C18H20Cl2N2O2. The van der Waals surface area contributed by atoms with E-state index >= 15 is 0 Å². The van der Waals surface area contributed by atoms with E-state index < -0.39 is 0 Å². The van der Waals surface area contributed by atoms with Crippen LogP contribution in [0, 0.1) is 0 Å². The van der Waals surface area contributed by atoms with Gasteiger partial charge in [0, 0.05) is 13.0 Å². The molecule has 2 rings (SSSR count). The van der Waals surface area contributed by atoms with E-state index in [1.54, 1.807) is 25.3 Å². The van der Waals surface area contributed by atoms with E-state index in [-0.39, 0.29) is 5.91 Å². The van der Waals surface area contributed by atoms with Gasteiger partial charge in [0.15, 0.2) is 0 Å². The number of amides is 1. The predicted molar refractivity (Wildman–Crippen MR) is 99.3 cm³/mol. The minimum absolute atomic E-state index is 0.101. The first-order valence-electron chi connectivity index (χ1n) is 7.67. The molecule has 24 heavy (non-hydrogen) atoms. The van der Waals surface area contributed by atoms with Crippen LogP contribution in [-0.2, 0) is 11.2 Å². The molecule has 2 aromatic carbocycles. The van der Waals surface area contributed by atoms with Gasteiger partial charge in [0.05, 0.1) is 22.8 Å². The Morgan fingerprint density at radius 3 is 2.54 bits per heavy atom. The maximum Gasteiger partial charge on any atom is 0.225 e. The van der Waals surface area contributed by atoms with Crippen LogP contribution in [0.5, 0.6) is 5.75 Å². The van der Waals surface area contributed by atoms with Crippen molar-refractivity contribution in [2.45, 2.75) is 12.8 Å². The zero-order chi connectivity index (χ0) is 17.4. The summed E-state index contributed by atoms with van der Waals surface area (Å²) in [6, 6.07) is 13.1. The Kier molecular flexibility index (Phi) is 7.37. The van der Waals surface area contributed by atoms with Crippen molar-refractivity contribution < 1.29 is 9.53 Å². The van der Waals surface area contributed by atoms with E-state index in [4.69, 9.17) is 27.9 Å². The highest BCUT2D eigenvalue weighted by molar-refractivity contribution is 6.43. The molecule has 0 atom stereocenters. The molecule has 0 radical (unpaired) electrons. The van der Waals surface area contributed by atoms with Crippen LogP contribution in [0.3, 0.4) is 0 Å². The Balaban J connectivity index is 1.66. The van der Waals surface area contributed by atoms with Gasteiger partial charge in [-0.1, -0.05) is 41.4 Å². The molecular weight excluding hydrogens is 347 g/mol. The van der Waals surface area contributed by atoms with Gasteiger partial charge in [-0.15, -0.1) is 0 Å². The summed E-state index contributed by atoms with van der Waals surface area (Å²) >= 11 is 12.0. The summed E-state index contributed by atoms with van der Waals surface area (Å²) < 4.78 is 5.13. The zero-order valence-corrected chi connectivity index (χ0v) is 15.0. The van der Waals surface area contributed by atoms with Crippen LogP contribution in [0.25, 0.3) is 0 Å². The number of benzene rings is 2. The van der Waals surface area contributed by atoms with Gasteiger partial charge in [-0.05, 0) is 42.8 Å². The van der Waals surface area contributed by atoms with Crippen molar-refractivity contribution in [2.24, 2.45) is 0 Å². The van der Waals surface area contributed by atoms with E-state index in [0.717, 1.165) is 18.7 Å². The smallest absolute Gasteiger partial charge is 0.225 e. The second-order valence-electron chi connectivity index (χ2n) is 5.25. The summed E-state index contributed by atoms with van der Waals surface area (Å²) in [6.45, 7) is 1.40. The van der Waals surface area contributed by atoms with E-state index in [2.05, 4.69) is 10.6 Å². The summed E-state index contributed by atoms with van der Waals surface area (Å²) in [4.78, 5) is 11.9. The maximum atomic E-state index is 11.9. The Morgan fingerprint density at radius 2 is 1.83 bits per heavy atom. The molecule has 0 aliphatic heterocycles. The molecule has 0 aliphatic carbocycles. The fourth-order valence-electron chi connectivity index (χ4n) is 2.16. The topological polar surface area (TPSA) is 50.4 Å². The highest BCUT2D eigenvalue weighted by atomic mass is 35.5. The highest BCUT2D eigenvalue weighted by Crippen LogP contribution is 2.29. The molecule has 0 unspecified atom stereocenters. The third-order valence-corrected chi connectivity index (χ3v) is 4.32. The van der Waals surface area contributed by atoms with E-state index in [9.17, 15) is 4.79 Å². The summed E-state index contributed by atoms with van der Waals surface area (Å²) in [6.07, 6.45) is 1.26. The molecule has 2 aromatic rings. The molecule has 128 valence electrons. The lowest BCUT2D eigenvalue weighted by Crippen LogP contribution is -2.23. The molecule has 0 saturated carbocycles. The van der Waals surface area contributed by atoms with Crippen LogP contribution in [0.1, 0.15) is 12.0 Å². The normalized spacial score (nSPS) is 10.5. The fourth-order valence-corrected chi connectivity index (χ4v) is 2.51. The Morgan fingerprint density at radius 1 is 1.08 bits per heavy atom. The molecule has 6 heteroatoms. The number of carbonyl (C=O) groups is 1. The van der Waals surface area contributed by atoms with Crippen LogP contribution in [0.2, 0.25) is 10.0 Å². The lowest BCUT2D eigenvalue weighted by Gasteiger charge is -2.09. The molecule has 1 amide bonds. The summed E-state index contributed by atoms with van der Waals surface area (Å²) in [5, 5.41) is 6.80. The average molecular weight is 367 g/mol. The number of carbonyl (C=O) groups excluding carboxylic acids is 1. The molecule has 0 aromatic heterocycles. The van der Waals surface area contributed by atoms with Crippen molar-refractivity contribution in [3.05, 3.63) is 58.1 Å². The quantitative estimate of drug-likeness (QED) is 0.689. The van der Waals surface area contributed by atoms with Gasteiger partial charge in [-0.25, -0.2) is 0 Å². The van der Waals surface area contributed by atoms with Crippen LogP contribution >= 0.6 is 23.2 Å². The first kappa shape index (κ1) is 18.6. The van der Waals surface area contributed by atoms with Crippen molar-refractivity contribution >= 4 is 34.8 Å². The standard InChI is InChI=1S/C18H20Cl2N2O2/c1-24-14-7-5-13(6-8-14)9-11-21-12-10-17(23)22-16-4-2-3-15(19)18(16)20/h2-8,21H,9-12H2,1H3,(H,22,23). The van der Waals surface area contributed by atoms with Crippen LogP contribution < -0.4 is 15.4 Å². The van der Waals surface area contributed by atoms with Gasteiger partial charge < -0.3 is 15.4 Å². The minimum Gasteiger partial charge on any atom is -0.497 e. The Labute approximate surface area is 152 Å². The first-order chi connectivity index (χ1) is 11.6. The molecule has 0 fully saturated rings. The lowest BCUT2D eigenvalue weighted by molar-refractivity contribution is -0.116. The number of rotatable bonds is 8. The third kappa shape index (κ3) is 5.71. The predicted octanol–water partition coefficient (Wildman–Crippen LogP) is 4.16. The molecule has 0 heterocycles. The number of anilines is 1. The lowest BCUT2D eigenvalue weighted by atomic mass is 10.1. The van der Waals surface area contributed by atoms with Crippen LogP contribution in [-0.4, -0.2) is 26.1 Å². The average Bonchev–Trinajstić information content (AvgIpc) is 2.59. The first-order valence-corrected chi connectivity index (χ1v) is 8.43. The second kappa shape index (κ2) is 9.52. The number of methoxy groups -OCH3 is 1. The maximum absolute atomic E-state index is 11.9. The van der Waals surface area contributed by atoms with Crippen molar-refractivity contribution in [3.8, 4) is 5.75 Å². The number of halogens is 2. The molecule has 0 saturated heterocycles. The largest absolute Gasteiger partial charge is 0.497 e. The van der Waals surface area contributed by atoms with Gasteiger partial charge in [0.2, 0.25) is 5.91 Å². The van der Waals surface area contributed by atoms with Crippen molar-refractivity contribution in [2.75, 3.05) is 25.5 Å². The van der Waals surface area contributed by atoms with Crippen molar-refractivity contribution in [1.82, 2.24) is 5.32 Å². The summed E-state index contributed by atoms with van der Waals surface area (Å²) in [5.74, 6) is 0.749. The van der Waals surface area contributed by atoms with Gasteiger partial charge in [-0.2, -0.15) is 0 Å². The third-order valence-electron chi connectivity index (χ3n) is 3.50. The zero-order valence-electron chi connectivity index (χ0n) is 13.4. The van der Waals surface area contributed by atoms with Crippen LogP contribution in [0.15, 0.2) is 42.5 Å². The number of hydrogen-bond donors (Lipinski definition) is 2. The van der Waals surface area contributed by atoms with Crippen molar-refractivity contribution in [1.29, 1.82) is 0 Å². The molecule has 0 spiro atoms. The Hall–Kier alpha value is -1.75. The van der Waals surface area contributed by atoms with Crippen LogP contribution in [0.4, 0.5) is 5.69 Å². The number of hydrogen-bond acceptors (Lipinski definition) is 3. The Bertz CT molecular complexity index is 675. The summed E-state index contributed by atoms with van der Waals surface area (Å²) in [5.41, 5.74) is 1.76. The SMILES string of the molecule is COc1ccc(CCNCCC(=O)Nc2cccc(Cl)c2Cl)cc1. The number of ether oxygens (including phenoxy) is 1.